The monoisotopic (exact) mass is 2000 g/mol. The fourth-order valence-electron chi connectivity index (χ4n) is 22.7. The maximum absolute atomic E-state index is 8.85. The number of ether oxygens (including phenoxy) is 6. The van der Waals surface area contributed by atoms with Gasteiger partial charge >= 0.3 is 0 Å². The molecule has 4 aromatic carbocycles. The van der Waals surface area contributed by atoms with Crippen LogP contribution in [0, 0.1) is 39.0 Å². The van der Waals surface area contributed by atoms with Crippen molar-refractivity contribution in [2.45, 2.75) is 326 Å². The SMILES string of the molecule is CCCOc1nc(C)nc2c1ncn2[C@H]1CC(O[P@@]2O[C@](C)(c3ccccc3)[C@@H]3CCCN32)[C@@H](CC)O1.CC[C@H]1O[C@@H](n2cnc3c(C)ncnc32)CC1O[P@@]1O[C@](C)(c2ccccc2)[C@@H]2CCCN21.CC[C@H]1O[C@@H](n2cnc3c(C)ncnc32)CC1O[P@]1O[C@@](C)(c2ccccc2)[C@H]2CCCN21.CC[C@H]1O[C@@H](n2cnc3c(OCCC#N)nc(C)nc32)CC1O[P@]1O[C@@](C)(c2ccccc2)[C@H]2CCCN21. The molecule has 0 aliphatic carbocycles. The fraction of sp³-hybridized carbons (Fsp3) is 0.559. The van der Waals surface area contributed by atoms with E-state index in [2.05, 4.69) is 262 Å². The molecule has 24 atom stereocenters. The van der Waals surface area contributed by atoms with E-state index in [0.717, 1.165) is 143 Å². The van der Waals surface area contributed by atoms with Gasteiger partial charge in [-0.3, -0.25) is 18.3 Å². The average Bonchev–Trinajstić information content (AvgIpc) is 1.59. The van der Waals surface area contributed by atoms with Gasteiger partial charge in [-0.1, -0.05) is 156 Å². The lowest BCUT2D eigenvalue weighted by Gasteiger charge is -2.29. The molecule has 0 amide bonds. The molecule has 12 aliphatic heterocycles. The summed E-state index contributed by atoms with van der Waals surface area (Å²) in [5.41, 5.74) is 11.0. The van der Waals surface area contributed by atoms with Crippen molar-refractivity contribution >= 4 is 78.8 Å². The Balaban J connectivity index is 0.000000112. The smallest absolute Gasteiger partial charge is 0.260 e. The summed E-state index contributed by atoms with van der Waals surface area (Å²) in [6.07, 6.45) is 25.8. The summed E-state index contributed by atoms with van der Waals surface area (Å²) in [6.45, 7) is 32.0. The lowest BCUT2D eigenvalue weighted by molar-refractivity contribution is -0.0163. The predicted molar refractivity (Wildman–Crippen MR) is 533 cm³/mol. The van der Waals surface area contributed by atoms with Crippen LogP contribution >= 0.6 is 34.1 Å². The van der Waals surface area contributed by atoms with E-state index < -0.39 is 34.1 Å². The van der Waals surface area contributed by atoms with E-state index in [1.165, 1.54) is 41.5 Å². The predicted octanol–water partition coefficient (Wildman–Crippen LogP) is 20.5. The molecule has 0 saturated carbocycles. The third-order valence-corrected chi connectivity index (χ3v) is 37.7. The highest BCUT2D eigenvalue weighted by molar-refractivity contribution is 7.45. The summed E-state index contributed by atoms with van der Waals surface area (Å²) >= 11 is 0. The van der Waals surface area contributed by atoms with E-state index in [-0.39, 0.29) is 109 Å². The Bertz CT molecular complexity index is 6190. The van der Waals surface area contributed by atoms with Crippen LogP contribution in [-0.2, 0) is 77.5 Å². The van der Waals surface area contributed by atoms with Crippen LogP contribution < -0.4 is 9.47 Å². The second-order valence-corrected chi connectivity index (χ2v) is 44.7. The number of fused-ring (bicyclic) bond motifs is 8. The third kappa shape index (κ3) is 18.9. The van der Waals surface area contributed by atoms with Gasteiger partial charge in [-0.25, -0.2) is 68.5 Å². The standard InChI is InChI=1S/C27H33N6O4P.C27H36N5O4P.2C24H30N5O3P/c1-4-20-21(36-38-33-14-8-12-22(33)27(3,37-38)19-10-6-5-7-11-19)16-23(35-20)32-17-29-24-25(32)30-18(2)31-26(24)34-15-9-13-28;1-5-15-33-26-24-25(29-18(3)30-26)31(17-28-24)23-16-21(20(6-2)34-23)35-37-32-14-10-13-22(32)27(4,36-37)19-11-8-7-9-12-19;2*1-4-18-19(13-21(30-18)28-15-27-22-16(2)25-14-26-23(22)28)31-33-29-12-8-11-20(29)24(3,32-33)17-9-6-5-7-10-17/h5-7,10-11,17,20-23H,4,8-9,12,14-16H2,1-3H3;7-9,11-12,17,20-23H,5-6,10,13-16H2,1-4H3;2*5-7,9-10,14-15,18-21H,4,8,11-13H2,1-3H3/t20-,21?,22-,23-,27+,38-;20-,21?,22+,23-,27-,37+;18-,19?,20+,21-,24-,33+;18-,19?,20-,21-,24+,33-/m1111/s1. The summed E-state index contributed by atoms with van der Waals surface area (Å²) in [6, 6.07) is 45.7. The molecule has 0 N–H and O–H groups in total. The highest BCUT2D eigenvalue weighted by atomic mass is 31.2. The number of aromatic nitrogens is 16. The van der Waals surface area contributed by atoms with Crippen molar-refractivity contribution in [1.29, 1.82) is 5.26 Å². The van der Waals surface area contributed by atoms with Crippen molar-refractivity contribution in [2.75, 3.05) is 39.4 Å². The molecule has 8 aromatic heterocycles. The van der Waals surface area contributed by atoms with Crippen LogP contribution in [0.3, 0.4) is 0 Å². The Morgan fingerprint density at radius 2 is 0.645 bits per heavy atom. The number of aryl methyl sites for hydroxylation is 4. The Morgan fingerprint density at radius 1 is 0.362 bits per heavy atom. The average molecular weight is 2000 g/mol. The second kappa shape index (κ2) is 42.0. The molecule has 12 fully saturated rings. The first-order chi connectivity index (χ1) is 68.7. The van der Waals surface area contributed by atoms with Gasteiger partial charge in [0.05, 0.1) is 129 Å². The Kier molecular flexibility index (Phi) is 29.3. The largest absolute Gasteiger partial charge is 0.476 e. The van der Waals surface area contributed by atoms with Gasteiger partial charge < -0.3 is 64.6 Å². The molecule has 24 rings (SSSR count). The zero-order valence-electron chi connectivity index (χ0n) is 82.6. The maximum Gasteiger partial charge on any atom is 0.260 e. The Hall–Kier alpha value is -8.75. The molecular weight excluding hydrogens is 1870 g/mol. The zero-order chi connectivity index (χ0) is 97.0. The van der Waals surface area contributed by atoms with Gasteiger partial charge in [0.1, 0.15) is 89.3 Å². The first-order valence-corrected chi connectivity index (χ1v) is 55.1. The molecule has 141 heavy (non-hydrogen) atoms. The summed E-state index contributed by atoms with van der Waals surface area (Å²) < 4.78 is 109. The molecule has 20 heterocycles. The van der Waals surface area contributed by atoms with E-state index in [1.807, 2.05) is 64.7 Å². The van der Waals surface area contributed by atoms with Gasteiger partial charge in [0.25, 0.3) is 34.1 Å². The number of imidazole rings is 4. The van der Waals surface area contributed by atoms with E-state index >= 15 is 0 Å². The van der Waals surface area contributed by atoms with Gasteiger partial charge in [-0.2, -0.15) is 15.2 Å². The van der Waals surface area contributed by atoms with Crippen molar-refractivity contribution in [3.05, 3.63) is 205 Å². The van der Waals surface area contributed by atoms with Gasteiger partial charge in [0.2, 0.25) is 11.8 Å². The van der Waals surface area contributed by atoms with Crippen molar-refractivity contribution in [2.24, 2.45) is 0 Å². The van der Waals surface area contributed by atoms with Crippen LogP contribution in [0.25, 0.3) is 44.7 Å². The number of hydrogen-bond acceptors (Lipinski definition) is 31. The summed E-state index contributed by atoms with van der Waals surface area (Å²) in [4.78, 5) is 53.8. The lowest BCUT2D eigenvalue weighted by atomic mass is 9.87. The molecule has 0 bridgehead atoms. The maximum atomic E-state index is 8.85. The highest BCUT2D eigenvalue weighted by Crippen LogP contribution is 2.69. The summed E-state index contributed by atoms with van der Waals surface area (Å²) in [7, 11) is -4.71. The van der Waals surface area contributed by atoms with Crippen molar-refractivity contribution in [3.8, 4) is 17.8 Å². The normalized spacial score (nSPS) is 32.8. The molecule has 746 valence electrons. The molecule has 0 radical (unpaired) electrons. The van der Waals surface area contributed by atoms with E-state index in [0.29, 0.717) is 83.7 Å². The number of hydrogen-bond donors (Lipinski definition) is 0. The molecule has 12 saturated heterocycles. The van der Waals surface area contributed by atoms with Crippen molar-refractivity contribution < 1.29 is 64.6 Å². The van der Waals surface area contributed by atoms with Crippen LogP contribution in [-0.4, -0.2) is 209 Å². The quantitative estimate of drug-likeness (QED) is 0.0359. The van der Waals surface area contributed by atoms with Crippen LogP contribution in [0.2, 0.25) is 0 Å². The fourth-order valence-corrected chi connectivity index (χ4v) is 31.3. The topological polar surface area (TPSA) is 340 Å². The zero-order valence-corrected chi connectivity index (χ0v) is 86.2. The number of benzene rings is 4. The van der Waals surface area contributed by atoms with Gasteiger partial charge in [0, 0.05) is 51.9 Å². The first kappa shape index (κ1) is 98.3. The molecule has 0 spiro atoms. The number of nitrogens with zero attached hydrogens (tertiary/aromatic N) is 21. The minimum atomic E-state index is -1.21. The first-order valence-electron chi connectivity index (χ1n) is 50.6. The molecule has 4 unspecified atom stereocenters. The Morgan fingerprint density at radius 3 is 0.929 bits per heavy atom. The number of rotatable bonds is 26. The minimum Gasteiger partial charge on any atom is -0.476 e. The molecule has 12 aliphatic rings. The molecular formula is C102H129N21O14P4. The van der Waals surface area contributed by atoms with Crippen LogP contribution in [0.5, 0.6) is 11.8 Å². The van der Waals surface area contributed by atoms with Crippen LogP contribution in [0.4, 0.5) is 0 Å². The Labute approximate surface area is 828 Å². The van der Waals surface area contributed by atoms with E-state index in [4.69, 9.17) is 69.9 Å². The molecule has 35 nitrogen and oxygen atoms in total. The van der Waals surface area contributed by atoms with E-state index in [9.17, 15) is 0 Å². The van der Waals surface area contributed by atoms with Crippen LogP contribution in [0.15, 0.2) is 159 Å². The van der Waals surface area contributed by atoms with Crippen molar-refractivity contribution in [1.82, 2.24) is 96.8 Å². The third-order valence-electron chi connectivity index (χ3n) is 30.2. The summed E-state index contributed by atoms with van der Waals surface area (Å²) in [5, 5.41) is 8.85. The second-order valence-electron chi connectivity index (χ2n) is 39.1. The summed E-state index contributed by atoms with van der Waals surface area (Å²) in [5.74, 6) is 2.15. The van der Waals surface area contributed by atoms with Gasteiger partial charge in [-0.15, -0.1) is 0 Å². The lowest BCUT2D eigenvalue weighted by Crippen LogP contribution is -2.36. The number of nitriles is 1. The van der Waals surface area contributed by atoms with Gasteiger partial charge in [0.15, 0.2) is 33.6 Å². The minimum absolute atomic E-state index is 0.00567. The highest BCUT2D eigenvalue weighted by Gasteiger charge is 2.61. The molecule has 12 aromatic rings. The van der Waals surface area contributed by atoms with E-state index in [1.54, 1.807) is 25.3 Å². The van der Waals surface area contributed by atoms with Crippen LogP contribution in [0.1, 0.15) is 248 Å². The molecule has 39 heteroatoms. The van der Waals surface area contributed by atoms with Crippen molar-refractivity contribution in [3.63, 3.8) is 0 Å². The van der Waals surface area contributed by atoms with Gasteiger partial charge in [-0.05, 0) is 161 Å².